The fourth-order valence-electron chi connectivity index (χ4n) is 5.28. The number of carboxylic acids is 1. The number of carbonyl (C=O) groups excluding carboxylic acids is 1. The van der Waals surface area contributed by atoms with Crippen molar-refractivity contribution in [1.29, 1.82) is 0 Å². The number of nitrogens with two attached hydrogens (primary N) is 2. The Balaban J connectivity index is 0.000000848. The van der Waals surface area contributed by atoms with Gasteiger partial charge in [-0.05, 0) is 81.0 Å². The lowest BCUT2D eigenvalue weighted by Gasteiger charge is -2.21. The molecule has 17 nitrogen and oxygen atoms in total. The molecule has 2 aromatic carbocycles. The van der Waals surface area contributed by atoms with E-state index < -0.39 is 47.3 Å². The van der Waals surface area contributed by atoms with Gasteiger partial charge in [0.25, 0.3) is 0 Å². The van der Waals surface area contributed by atoms with E-state index in [1.165, 1.54) is 34.3 Å². The predicted octanol–water partition coefficient (Wildman–Crippen LogP) is 3.86. The smallest absolute Gasteiger partial charge is 0.469 e. The highest BCUT2D eigenvalue weighted by Crippen LogP contribution is 2.48. The molecule has 0 aromatic heterocycles. The third-order valence-electron chi connectivity index (χ3n) is 7.76. The fourth-order valence-corrected chi connectivity index (χ4v) is 7.10. The van der Waals surface area contributed by atoms with Crippen LogP contribution in [0.1, 0.15) is 82.1 Å². The van der Waals surface area contributed by atoms with E-state index in [0.29, 0.717) is 55.0 Å². The summed E-state index contributed by atoms with van der Waals surface area (Å²) in [5.41, 5.74) is 11.7. The Morgan fingerprint density at radius 2 is 1.47 bits per heavy atom. The van der Waals surface area contributed by atoms with E-state index in [1.807, 2.05) is 6.92 Å². The normalized spacial score (nSPS) is 16.2. The molecule has 300 valence electrons. The molecule has 1 fully saturated rings. The molecule has 0 saturated carbocycles. The first-order valence-corrected chi connectivity index (χ1v) is 20.2. The van der Waals surface area contributed by atoms with Crippen LogP contribution in [0.15, 0.2) is 29.2 Å². The van der Waals surface area contributed by atoms with E-state index in [4.69, 9.17) is 54.8 Å². The zero-order valence-corrected chi connectivity index (χ0v) is 32.5. The van der Waals surface area contributed by atoms with Crippen molar-refractivity contribution in [3.8, 4) is 28.7 Å². The number of rotatable bonds is 22. The molecule has 7 N–H and O–H groups in total. The van der Waals surface area contributed by atoms with Crippen LogP contribution in [0.25, 0.3) is 0 Å². The summed E-state index contributed by atoms with van der Waals surface area (Å²) >= 11 is 0. The Bertz CT molecular complexity index is 1630. The van der Waals surface area contributed by atoms with Crippen molar-refractivity contribution in [2.24, 2.45) is 11.5 Å². The molecule has 3 rings (SSSR count). The van der Waals surface area contributed by atoms with Crippen LogP contribution in [-0.2, 0) is 33.3 Å². The summed E-state index contributed by atoms with van der Waals surface area (Å²) in [7, 11) is -4.22. The number of sulfone groups is 1. The highest BCUT2D eigenvalue weighted by Gasteiger charge is 2.33. The summed E-state index contributed by atoms with van der Waals surface area (Å²) in [6.07, 6.45) is 3.07. The average Bonchev–Trinajstić information content (AvgIpc) is 3.59. The molecule has 2 aromatic rings. The lowest BCUT2D eigenvalue weighted by molar-refractivity contribution is -0.138. The highest BCUT2D eigenvalue weighted by molar-refractivity contribution is 7.92. The average molecular weight is 793 g/mol. The molecule has 0 radical (unpaired) electrons. The highest BCUT2D eigenvalue weighted by atomic mass is 32.2. The van der Waals surface area contributed by atoms with E-state index in [1.54, 1.807) is 18.2 Å². The number of aliphatic carboxylic acids is 1. The molecular formula is C34H53N2O15PS. The topological polar surface area (TPSA) is 263 Å². The maximum absolute atomic E-state index is 13.4. The molecule has 0 aliphatic carbocycles. The summed E-state index contributed by atoms with van der Waals surface area (Å²) in [5, 5.41) is 8.33. The van der Waals surface area contributed by atoms with Crippen LogP contribution in [0.5, 0.6) is 28.7 Å². The number of carbonyl (C=O) groups is 2. The van der Waals surface area contributed by atoms with Crippen LogP contribution >= 0.6 is 7.82 Å². The van der Waals surface area contributed by atoms with Crippen molar-refractivity contribution in [1.82, 2.24) is 0 Å². The van der Waals surface area contributed by atoms with Crippen LogP contribution in [0.3, 0.4) is 0 Å². The number of unbranched alkanes of at least 4 members (excludes halogenated alkanes) is 1. The maximum Gasteiger partial charge on any atom is 0.469 e. The summed E-state index contributed by atoms with van der Waals surface area (Å²) in [6, 6.07) is 5.96. The molecule has 0 amide bonds. The number of benzene rings is 2. The SMILES string of the molecule is CCCOc1c(OCCCOP(=O)(O)O)cc([C@@H]2CC[C@@H](c3cc(OC)c(OC)c(OC)c3)O2)cc1S(=O)(=O)CC(C)=O.NCCCCC(N)C(=O)O. The van der Waals surface area contributed by atoms with Crippen LogP contribution < -0.4 is 35.2 Å². The molecule has 1 unspecified atom stereocenters. The molecule has 19 heteroatoms. The van der Waals surface area contributed by atoms with Crippen LogP contribution in [0.2, 0.25) is 0 Å². The summed E-state index contributed by atoms with van der Waals surface area (Å²) in [6.45, 7) is 3.49. The van der Waals surface area contributed by atoms with Crippen molar-refractivity contribution in [3.05, 3.63) is 35.4 Å². The van der Waals surface area contributed by atoms with Crippen molar-refractivity contribution in [3.63, 3.8) is 0 Å². The summed E-state index contributed by atoms with van der Waals surface area (Å²) < 4.78 is 76.7. The van der Waals surface area contributed by atoms with Crippen molar-refractivity contribution >= 4 is 29.4 Å². The third kappa shape index (κ3) is 14.7. The van der Waals surface area contributed by atoms with Crippen molar-refractivity contribution in [2.75, 3.05) is 53.4 Å². The Kier molecular flexibility index (Phi) is 19.0. The number of carboxylic acid groups (broad SMARTS) is 1. The molecule has 1 aliphatic rings. The summed E-state index contributed by atoms with van der Waals surface area (Å²) in [5.74, 6) is -0.755. The number of hydrogen-bond acceptors (Lipinski definition) is 14. The molecule has 0 spiro atoms. The molecule has 1 saturated heterocycles. The first kappa shape index (κ1) is 45.7. The van der Waals surface area contributed by atoms with Gasteiger partial charge in [-0.2, -0.15) is 0 Å². The van der Waals surface area contributed by atoms with Gasteiger partial charge >= 0.3 is 13.8 Å². The van der Waals surface area contributed by atoms with E-state index in [9.17, 15) is 22.6 Å². The number of phosphoric ester groups is 1. The summed E-state index contributed by atoms with van der Waals surface area (Å²) in [4.78, 5) is 39.7. The monoisotopic (exact) mass is 792 g/mol. The minimum Gasteiger partial charge on any atom is -0.493 e. The quantitative estimate of drug-likeness (QED) is 0.0837. The Morgan fingerprint density at radius 3 is 1.96 bits per heavy atom. The van der Waals surface area contributed by atoms with Gasteiger partial charge in [-0.3, -0.25) is 14.1 Å². The Labute approximate surface area is 310 Å². The molecule has 53 heavy (non-hydrogen) atoms. The Morgan fingerprint density at radius 1 is 0.887 bits per heavy atom. The van der Waals surface area contributed by atoms with E-state index in [-0.39, 0.29) is 48.7 Å². The number of phosphoric acid groups is 1. The second-order valence-electron chi connectivity index (χ2n) is 12.1. The van der Waals surface area contributed by atoms with E-state index in [2.05, 4.69) is 4.52 Å². The first-order valence-electron chi connectivity index (χ1n) is 17.0. The van der Waals surface area contributed by atoms with Crippen LogP contribution in [-0.4, -0.2) is 94.6 Å². The van der Waals surface area contributed by atoms with Crippen LogP contribution in [0, 0.1) is 0 Å². The molecule has 3 atom stereocenters. The molecular weight excluding hydrogens is 739 g/mol. The second kappa shape index (κ2) is 22.0. The van der Waals surface area contributed by atoms with Gasteiger partial charge in [-0.1, -0.05) is 13.3 Å². The Hall–Kier alpha value is -3.48. The zero-order chi connectivity index (χ0) is 39.8. The number of ether oxygens (including phenoxy) is 6. The van der Waals surface area contributed by atoms with Gasteiger partial charge in [-0.15, -0.1) is 0 Å². The number of methoxy groups -OCH3 is 3. The number of hydrogen-bond donors (Lipinski definition) is 5. The van der Waals surface area contributed by atoms with Gasteiger partial charge in [0.2, 0.25) is 5.75 Å². The molecule has 1 aliphatic heterocycles. The first-order chi connectivity index (χ1) is 25.0. The van der Waals surface area contributed by atoms with Gasteiger partial charge < -0.3 is 54.8 Å². The maximum atomic E-state index is 13.4. The number of Topliss-reactive ketones (excluding diaryl/α,β-unsaturated/α-hetero) is 1. The number of ketones is 1. The van der Waals surface area contributed by atoms with Gasteiger partial charge in [0.05, 0.1) is 53.4 Å². The van der Waals surface area contributed by atoms with E-state index in [0.717, 1.165) is 18.4 Å². The van der Waals surface area contributed by atoms with Gasteiger partial charge in [-0.25, -0.2) is 13.0 Å². The lowest BCUT2D eigenvalue weighted by atomic mass is 10.0. The van der Waals surface area contributed by atoms with Crippen molar-refractivity contribution in [2.45, 2.75) is 81.9 Å². The van der Waals surface area contributed by atoms with Gasteiger partial charge in [0.1, 0.15) is 22.5 Å². The van der Waals surface area contributed by atoms with Crippen LogP contribution in [0.4, 0.5) is 0 Å². The minimum absolute atomic E-state index is 0.0399. The van der Waals surface area contributed by atoms with Gasteiger partial charge in [0, 0.05) is 6.42 Å². The lowest BCUT2D eigenvalue weighted by Crippen LogP contribution is -2.29. The van der Waals surface area contributed by atoms with Crippen molar-refractivity contribution < 1.29 is 70.4 Å². The largest absolute Gasteiger partial charge is 0.493 e. The third-order valence-corrected chi connectivity index (χ3v) is 10.0. The predicted molar refractivity (Wildman–Crippen MR) is 193 cm³/mol. The molecule has 0 bridgehead atoms. The van der Waals surface area contributed by atoms with E-state index >= 15 is 0 Å². The zero-order valence-electron chi connectivity index (χ0n) is 30.8. The van der Waals surface area contributed by atoms with Gasteiger partial charge in [0.15, 0.2) is 32.8 Å². The molecule has 1 heterocycles. The standard InChI is InChI=1S/C28H39O13PS.C6H14N2O2/c1-6-10-39-28-25(38-11-7-12-40-42(30,31)32)15-20(16-26(28)43(33,34)17-18(2)29)22-9-8-21(41-22)19-13-23(35-3)27(37-5)24(14-19)36-4;7-4-2-1-3-5(8)6(9)10/h13-16,21-22H,6-12,17H2,1-5H3,(H2,30,31,32);5H,1-4,7-8H2,(H,9,10)/t21-,22-;/m0./s1. The second-order valence-corrected chi connectivity index (χ2v) is 15.3. The fraction of sp³-hybridized carbons (Fsp3) is 0.588. The minimum atomic E-state index is -4.65.